The van der Waals surface area contributed by atoms with Crippen molar-refractivity contribution in [2.45, 2.75) is 27.2 Å². The molecule has 0 amide bonds. The SMILES string of the molecule is CC1CC2C(=O)n3ccc(Cl)c3C=[N+]([O-])C2=CC1(C)C. The van der Waals surface area contributed by atoms with E-state index in [0.29, 0.717) is 28.8 Å². The molecule has 1 aliphatic heterocycles. The molecule has 2 unspecified atom stereocenters. The van der Waals surface area contributed by atoms with Crippen LogP contribution in [0, 0.1) is 22.5 Å². The van der Waals surface area contributed by atoms with Crippen LogP contribution in [0.1, 0.15) is 37.7 Å². The van der Waals surface area contributed by atoms with Gasteiger partial charge in [0.1, 0.15) is 11.6 Å². The van der Waals surface area contributed by atoms with Gasteiger partial charge in [0.05, 0.1) is 5.02 Å². The second-order valence-electron chi connectivity index (χ2n) is 6.29. The molecule has 0 fully saturated rings. The number of hydrogen-bond donors (Lipinski definition) is 0. The molecule has 0 N–H and O–H groups in total. The number of halogens is 1. The smallest absolute Gasteiger partial charge is 0.245 e. The predicted octanol–water partition coefficient (Wildman–Crippen LogP) is 3.29. The molecule has 0 saturated carbocycles. The third-order valence-electron chi connectivity index (χ3n) is 4.64. The highest BCUT2D eigenvalue weighted by atomic mass is 35.5. The van der Waals surface area contributed by atoms with Gasteiger partial charge in [0.2, 0.25) is 17.8 Å². The number of carbonyl (C=O) groups is 1. The number of rotatable bonds is 0. The normalized spacial score (nSPS) is 28.1. The zero-order valence-electron chi connectivity index (χ0n) is 11.8. The van der Waals surface area contributed by atoms with Crippen LogP contribution in [0.2, 0.25) is 5.02 Å². The number of hydroxylamine groups is 1. The topological polar surface area (TPSA) is 48.1 Å². The molecule has 3 rings (SSSR count). The van der Waals surface area contributed by atoms with Crippen LogP contribution in [0.5, 0.6) is 0 Å². The first kappa shape index (κ1) is 13.4. The highest BCUT2D eigenvalue weighted by Gasteiger charge is 2.43. The molecule has 2 aliphatic rings. The highest BCUT2D eigenvalue weighted by molar-refractivity contribution is 6.33. The first-order valence-corrected chi connectivity index (χ1v) is 7.14. The molecule has 0 saturated heterocycles. The van der Waals surface area contributed by atoms with E-state index < -0.39 is 5.92 Å². The van der Waals surface area contributed by atoms with Gasteiger partial charge in [-0.25, -0.2) is 0 Å². The fourth-order valence-corrected chi connectivity index (χ4v) is 3.13. The Hall–Kier alpha value is -1.55. The lowest BCUT2D eigenvalue weighted by molar-refractivity contribution is -0.405. The minimum absolute atomic E-state index is 0.0740. The lowest BCUT2D eigenvalue weighted by atomic mass is 9.69. The van der Waals surface area contributed by atoms with Gasteiger partial charge in [-0.15, -0.1) is 0 Å². The van der Waals surface area contributed by atoms with E-state index >= 15 is 0 Å². The number of fused-ring (bicyclic) bond motifs is 2. The van der Waals surface area contributed by atoms with Crippen LogP contribution in [0.15, 0.2) is 24.0 Å². The summed E-state index contributed by atoms with van der Waals surface area (Å²) in [5.74, 6) is -0.132. The minimum Gasteiger partial charge on any atom is -0.618 e. The van der Waals surface area contributed by atoms with Crippen LogP contribution in [-0.2, 0) is 0 Å². The fourth-order valence-electron chi connectivity index (χ4n) is 2.94. The van der Waals surface area contributed by atoms with Crippen molar-refractivity contribution >= 4 is 23.7 Å². The number of hydrogen-bond acceptors (Lipinski definition) is 2. The van der Waals surface area contributed by atoms with Crippen molar-refractivity contribution in [2.24, 2.45) is 17.3 Å². The third kappa shape index (κ3) is 1.82. The molecular formula is C15H17ClN2O2. The first-order valence-electron chi connectivity index (χ1n) is 6.76. The maximum Gasteiger partial charge on any atom is 0.245 e. The number of nitrogens with zero attached hydrogens (tertiary/aromatic N) is 2. The first-order chi connectivity index (χ1) is 9.31. The molecule has 106 valence electrons. The summed E-state index contributed by atoms with van der Waals surface area (Å²) in [4.78, 5) is 12.7. The zero-order valence-corrected chi connectivity index (χ0v) is 12.5. The lowest BCUT2D eigenvalue weighted by Gasteiger charge is -2.35. The van der Waals surface area contributed by atoms with Gasteiger partial charge in [0.15, 0.2) is 0 Å². The molecule has 0 bridgehead atoms. The van der Waals surface area contributed by atoms with Crippen molar-refractivity contribution in [3.05, 3.63) is 40.0 Å². The van der Waals surface area contributed by atoms with E-state index in [1.807, 2.05) is 6.08 Å². The highest BCUT2D eigenvalue weighted by Crippen LogP contribution is 2.42. The fraction of sp³-hybridized carbons (Fsp3) is 0.467. The van der Waals surface area contributed by atoms with E-state index in [1.54, 1.807) is 12.3 Å². The molecule has 0 radical (unpaired) electrons. The van der Waals surface area contributed by atoms with Crippen molar-refractivity contribution in [2.75, 3.05) is 0 Å². The van der Waals surface area contributed by atoms with Gasteiger partial charge in [0, 0.05) is 6.20 Å². The Kier molecular flexibility index (Phi) is 2.83. The largest absolute Gasteiger partial charge is 0.618 e. The van der Waals surface area contributed by atoms with E-state index in [-0.39, 0.29) is 11.3 Å². The van der Waals surface area contributed by atoms with Crippen molar-refractivity contribution in [1.29, 1.82) is 0 Å². The summed E-state index contributed by atoms with van der Waals surface area (Å²) in [5, 5.41) is 12.8. The monoisotopic (exact) mass is 292 g/mol. The predicted molar refractivity (Wildman–Crippen MR) is 78.0 cm³/mol. The molecule has 20 heavy (non-hydrogen) atoms. The summed E-state index contributed by atoms with van der Waals surface area (Å²) in [7, 11) is 0. The average Bonchev–Trinajstić information content (AvgIpc) is 2.68. The summed E-state index contributed by atoms with van der Waals surface area (Å²) in [6.45, 7) is 6.31. The van der Waals surface area contributed by atoms with Crippen molar-refractivity contribution in [3.63, 3.8) is 0 Å². The number of allylic oxidation sites excluding steroid dienone is 2. The van der Waals surface area contributed by atoms with Crippen LogP contribution >= 0.6 is 11.6 Å². The summed E-state index contributed by atoms with van der Waals surface area (Å²) in [5.41, 5.74) is 0.913. The average molecular weight is 293 g/mol. The molecule has 2 atom stereocenters. The second kappa shape index (κ2) is 4.22. The summed E-state index contributed by atoms with van der Waals surface area (Å²) in [6, 6.07) is 1.64. The van der Waals surface area contributed by atoms with E-state index in [2.05, 4.69) is 20.8 Å². The molecular weight excluding hydrogens is 276 g/mol. The molecule has 1 aliphatic carbocycles. The van der Waals surface area contributed by atoms with Gasteiger partial charge in [-0.1, -0.05) is 32.4 Å². The molecule has 4 nitrogen and oxygen atoms in total. The molecule has 5 heteroatoms. The van der Waals surface area contributed by atoms with E-state index in [1.165, 1.54) is 10.8 Å². The molecule has 1 aromatic rings. The Balaban J connectivity index is 2.20. The zero-order chi connectivity index (χ0) is 14.7. The number of carbonyl (C=O) groups excluding carboxylic acids is 1. The molecule has 0 aromatic carbocycles. The Morgan fingerprint density at radius 3 is 2.90 bits per heavy atom. The van der Waals surface area contributed by atoms with Gasteiger partial charge in [-0.05, 0) is 29.9 Å². The Labute approximate surface area is 122 Å². The van der Waals surface area contributed by atoms with Gasteiger partial charge < -0.3 is 5.21 Å². The quantitative estimate of drug-likeness (QED) is 0.544. The van der Waals surface area contributed by atoms with Crippen LogP contribution in [0.4, 0.5) is 0 Å². The maximum absolute atomic E-state index is 12.7. The summed E-state index contributed by atoms with van der Waals surface area (Å²) >= 11 is 6.05. The van der Waals surface area contributed by atoms with Crippen LogP contribution < -0.4 is 0 Å². The third-order valence-corrected chi connectivity index (χ3v) is 4.96. The van der Waals surface area contributed by atoms with Crippen molar-refractivity contribution in [3.8, 4) is 0 Å². The Bertz CT molecular complexity index is 655. The van der Waals surface area contributed by atoms with Crippen LogP contribution in [-0.4, -0.2) is 21.4 Å². The molecule has 0 spiro atoms. The second-order valence-corrected chi connectivity index (χ2v) is 6.70. The van der Waals surface area contributed by atoms with Gasteiger partial charge >= 0.3 is 0 Å². The maximum atomic E-state index is 12.7. The molecule has 2 heterocycles. The lowest BCUT2D eigenvalue weighted by Crippen LogP contribution is -2.35. The minimum atomic E-state index is -0.392. The standard InChI is InChI=1S/C15H17ClN2O2/c1-9-6-10-12(7-15(9,2)3)18(20)8-13-11(16)4-5-17(13)14(10)19/h4-5,7-10H,6H2,1-3H3. The Morgan fingerprint density at radius 1 is 1.50 bits per heavy atom. The van der Waals surface area contributed by atoms with E-state index in [9.17, 15) is 10.0 Å². The van der Waals surface area contributed by atoms with Gasteiger partial charge in [-0.3, -0.25) is 9.36 Å². The van der Waals surface area contributed by atoms with Crippen LogP contribution in [0.25, 0.3) is 0 Å². The summed E-state index contributed by atoms with van der Waals surface area (Å²) in [6.07, 6.45) is 5.66. The van der Waals surface area contributed by atoms with Crippen LogP contribution in [0.3, 0.4) is 0 Å². The van der Waals surface area contributed by atoms with Crippen molar-refractivity contribution in [1.82, 2.24) is 4.57 Å². The van der Waals surface area contributed by atoms with E-state index in [0.717, 1.165) is 4.74 Å². The van der Waals surface area contributed by atoms with Gasteiger partial charge in [0.25, 0.3) is 0 Å². The Morgan fingerprint density at radius 2 is 2.20 bits per heavy atom. The molecule has 1 aromatic heterocycles. The van der Waals surface area contributed by atoms with E-state index in [4.69, 9.17) is 11.6 Å². The van der Waals surface area contributed by atoms with Gasteiger partial charge in [-0.2, -0.15) is 4.74 Å². The van der Waals surface area contributed by atoms with Crippen molar-refractivity contribution < 1.29 is 9.53 Å². The summed E-state index contributed by atoms with van der Waals surface area (Å²) < 4.78 is 2.30. The number of aromatic nitrogens is 1.